The van der Waals surface area contributed by atoms with Crippen LogP contribution in [0.1, 0.15) is 77.7 Å². The lowest BCUT2D eigenvalue weighted by Gasteiger charge is -2.58. The Hall–Kier alpha value is -2.14. The van der Waals surface area contributed by atoms with Crippen LogP contribution in [0.3, 0.4) is 0 Å². The SMILES string of the molecule is CC(=O)O[C@H](Cc1ccccc1)C(=O)N(C)[C@H]1CC[C@@]2(C)C(=CC[C@H]3C4CC[C@@H]5[C@H](C)N(C)C[C@]45CC[C@@H]32)C1. The van der Waals surface area contributed by atoms with Gasteiger partial charge in [-0.1, -0.05) is 48.9 Å². The van der Waals surface area contributed by atoms with Crippen molar-refractivity contribution in [1.82, 2.24) is 9.80 Å². The molecule has 1 spiro atoms. The number of fused-ring (bicyclic) bond motifs is 4. The highest BCUT2D eigenvalue weighted by Crippen LogP contribution is 2.68. The van der Waals surface area contributed by atoms with Crippen LogP contribution < -0.4 is 0 Å². The van der Waals surface area contributed by atoms with E-state index in [0.29, 0.717) is 11.8 Å². The molecule has 1 saturated heterocycles. The van der Waals surface area contributed by atoms with Gasteiger partial charge in [-0.25, -0.2) is 0 Å². The number of rotatable bonds is 5. The first-order valence-corrected chi connectivity index (χ1v) is 15.5. The van der Waals surface area contributed by atoms with Gasteiger partial charge in [-0.3, -0.25) is 9.59 Å². The van der Waals surface area contributed by atoms with E-state index in [1.807, 2.05) is 42.3 Å². The predicted molar refractivity (Wildman–Crippen MR) is 154 cm³/mol. The Balaban J connectivity index is 1.17. The number of carbonyl (C=O) groups is 2. The Morgan fingerprint density at radius 2 is 1.82 bits per heavy atom. The van der Waals surface area contributed by atoms with E-state index in [-0.39, 0.29) is 17.4 Å². The van der Waals surface area contributed by atoms with Gasteiger partial charge in [0.15, 0.2) is 6.10 Å². The number of likely N-dealkylation sites (tertiary alicyclic amines) is 1. The Morgan fingerprint density at radius 1 is 1.08 bits per heavy atom. The first-order valence-electron chi connectivity index (χ1n) is 15.5. The highest BCUT2D eigenvalue weighted by Gasteiger charge is 2.64. The van der Waals surface area contributed by atoms with Crippen molar-refractivity contribution in [2.24, 2.45) is 34.5 Å². The largest absolute Gasteiger partial charge is 0.452 e. The summed E-state index contributed by atoms with van der Waals surface area (Å²) in [5.41, 5.74) is 3.42. The molecule has 9 atom stereocenters. The van der Waals surface area contributed by atoms with E-state index < -0.39 is 12.1 Å². The molecule has 1 aromatic carbocycles. The zero-order valence-electron chi connectivity index (χ0n) is 24.7. The van der Waals surface area contributed by atoms with Gasteiger partial charge in [0, 0.05) is 39.0 Å². The van der Waals surface area contributed by atoms with E-state index in [9.17, 15) is 9.59 Å². The molecule has 4 aliphatic carbocycles. The number of hydrogen-bond acceptors (Lipinski definition) is 4. The van der Waals surface area contributed by atoms with Crippen LogP contribution in [0.2, 0.25) is 0 Å². The molecule has 4 fully saturated rings. The molecule has 1 aromatic rings. The number of nitrogens with zero attached hydrogens (tertiary/aromatic N) is 2. The molecule has 0 bridgehead atoms. The van der Waals surface area contributed by atoms with Crippen LogP contribution in [0, 0.1) is 34.5 Å². The summed E-state index contributed by atoms with van der Waals surface area (Å²) in [4.78, 5) is 30.1. The Kier molecular flexibility index (Phi) is 6.97. The van der Waals surface area contributed by atoms with E-state index in [1.165, 1.54) is 45.6 Å². The fourth-order valence-electron chi connectivity index (χ4n) is 10.4. The molecule has 6 rings (SSSR count). The van der Waals surface area contributed by atoms with Gasteiger partial charge in [-0.05, 0) is 105 Å². The lowest BCUT2D eigenvalue weighted by molar-refractivity contribution is -0.159. The van der Waals surface area contributed by atoms with Crippen LogP contribution >= 0.6 is 0 Å². The number of likely N-dealkylation sites (N-methyl/N-ethyl adjacent to an activating group) is 1. The van der Waals surface area contributed by atoms with Crippen molar-refractivity contribution in [2.45, 2.75) is 96.7 Å². The summed E-state index contributed by atoms with van der Waals surface area (Å²) in [5, 5.41) is 0. The molecule has 0 N–H and O–H groups in total. The van der Waals surface area contributed by atoms with Gasteiger partial charge in [0.25, 0.3) is 5.91 Å². The summed E-state index contributed by atoms with van der Waals surface area (Å²) in [5.74, 6) is 2.90. The molecule has 5 heteroatoms. The van der Waals surface area contributed by atoms with Gasteiger partial charge in [0.2, 0.25) is 0 Å². The maximum absolute atomic E-state index is 13.7. The van der Waals surface area contributed by atoms with E-state index in [1.54, 1.807) is 5.57 Å². The third-order valence-electron chi connectivity index (χ3n) is 12.4. The van der Waals surface area contributed by atoms with Gasteiger partial charge in [-0.15, -0.1) is 0 Å². The molecular formula is C34H48N2O3. The molecule has 0 aromatic heterocycles. The van der Waals surface area contributed by atoms with Crippen molar-refractivity contribution in [3.8, 4) is 0 Å². The molecule has 1 unspecified atom stereocenters. The maximum Gasteiger partial charge on any atom is 0.303 e. The van der Waals surface area contributed by atoms with Gasteiger partial charge < -0.3 is 14.5 Å². The minimum atomic E-state index is -0.773. The topological polar surface area (TPSA) is 49.9 Å². The lowest BCUT2D eigenvalue weighted by atomic mass is 9.47. The molecule has 5 aliphatic rings. The summed E-state index contributed by atoms with van der Waals surface area (Å²) < 4.78 is 5.57. The first kappa shape index (κ1) is 27.1. The summed E-state index contributed by atoms with van der Waals surface area (Å²) >= 11 is 0. The number of esters is 1. The van der Waals surface area contributed by atoms with Gasteiger partial charge >= 0.3 is 5.97 Å². The molecule has 39 heavy (non-hydrogen) atoms. The molecule has 1 heterocycles. The van der Waals surface area contributed by atoms with E-state index in [4.69, 9.17) is 4.74 Å². The van der Waals surface area contributed by atoms with E-state index >= 15 is 0 Å². The van der Waals surface area contributed by atoms with Crippen LogP contribution in [0.15, 0.2) is 42.0 Å². The normalized spacial score (nSPS) is 40.0. The minimum Gasteiger partial charge on any atom is -0.452 e. The number of hydrogen-bond donors (Lipinski definition) is 0. The maximum atomic E-state index is 13.7. The van der Waals surface area contributed by atoms with Crippen molar-refractivity contribution in [2.75, 3.05) is 20.6 Å². The Morgan fingerprint density at radius 3 is 2.56 bits per heavy atom. The highest BCUT2D eigenvalue weighted by molar-refractivity contribution is 5.84. The van der Waals surface area contributed by atoms with Crippen LogP contribution in [0.4, 0.5) is 0 Å². The second kappa shape index (κ2) is 10.0. The third kappa shape index (κ3) is 4.38. The second-order valence-electron chi connectivity index (χ2n) is 14.0. The van der Waals surface area contributed by atoms with Gasteiger partial charge in [0.05, 0.1) is 0 Å². The van der Waals surface area contributed by atoms with Crippen molar-refractivity contribution in [3.63, 3.8) is 0 Å². The van der Waals surface area contributed by atoms with Crippen LogP contribution in [0.25, 0.3) is 0 Å². The van der Waals surface area contributed by atoms with Gasteiger partial charge in [0.1, 0.15) is 0 Å². The quantitative estimate of drug-likeness (QED) is 0.351. The fourth-order valence-corrected chi connectivity index (χ4v) is 10.4. The number of ether oxygens (including phenoxy) is 1. The van der Waals surface area contributed by atoms with Crippen molar-refractivity contribution in [1.29, 1.82) is 0 Å². The van der Waals surface area contributed by atoms with Crippen molar-refractivity contribution >= 4 is 11.9 Å². The minimum absolute atomic E-state index is 0.0759. The van der Waals surface area contributed by atoms with Crippen LogP contribution in [-0.2, 0) is 20.7 Å². The summed E-state index contributed by atoms with van der Waals surface area (Å²) in [6, 6.07) is 10.8. The molecule has 1 aliphatic heterocycles. The predicted octanol–water partition coefficient (Wildman–Crippen LogP) is 5.88. The molecule has 0 radical (unpaired) electrons. The summed E-state index contributed by atoms with van der Waals surface area (Å²) in [7, 11) is 4.27. The Bertz CT molecular complexity index is 1130. The van der Waals surface area contributed by atoms with E-state index in [2.05, 4.69) is 31.9 Å². The monoisotopic (exact) mass is 532 g/mol. The number of allylic oxidation sites excluding steroid dienone is 1. The first-order chi connectivity index (χ1) is 18.6. The standard InChI is InChI=1S/C34H48N2O3/c1-22-28-13-14-30-27-12-11-25-20-26(15-17-33(25,3)29(27)16-18-34(28,30)21-35(22)4)36(5)32(38)31(39-23(2)37)19-24-9-7-6-8-10-24/h6-11,22,26-31H,12-21H2,1-5H3/t22-,26-,27+,28+,29-,30?,31+,33-,34-/m0/s1. The van der Waals surface area contributed by atoms with Crippen LogP contribution in [0.5, 0.6) is 0 Å². The molecule has 1 amide bonds. The number of benzene rings is 1. The average Bonchev–Trinajstić information content (AvgIpc) is 3.40. The Labute approximate surface area is 235 Å². The molecule has 5 nitrogen and oxygen atoms in total. The lowest BCUT2D eigenvalue weighted by Crippen LogP contribution is -2.53. The van der Waals surface area contributed by atoms with Crippen molar-refractivity contribution in [3.05, 3.63) is 47.5 Å². The molecule has 3 saturated carbocycles. The average molecular weight is 533 g/mol. The highest BCUT2D eigenvalue weighted by atomic mass is 16.5. The zero-order valence-corrected chi connectivity index (χ0v) is 24.7. The van der Waals surface area contributed by atoms with E-state index in [0.717, 1.165) is 54.5 Å². The molecule has 212 valence electrons. The molecular weight excluding hydrogens is 484 g/mol. The summed E-state index contributed by atoms with van der Waals surface area (Å²) in [6.07, 6.45) is 12.2. The van der Waals surface area contributed by atoms with Crippen LogP contribution in [-0.4, -0.2) is 60.5 Å². The fraction of sp³-hybridized carbons (Fsp3) is 0.706. The number of amides is 1. The summed E-state index contributed by atoms with van der Waals surface area (Å²) in [6.45, 7) is 7.73. The second-order valence-corrected chi connectivity index (χ2v) is 14.0. The van der Waals surface area contributed by atoms with Gasteiger partial charge in [-0.2, -0.15) is 0 Å². The zero-order chi connectivity index (χ0) is 27.5. The van der Waals surface area contributed by atoms with Crippen molar-refractivity contribution < 1.29 is 14.3 Å². The number of carbonyl (C=O) groups excluding carboxylic acids is 2. The third-order valence-corrected chi connectivity index (χ3v) is 12.4. The smallest absolute Gasteiger partial charge is 0.303 e.